The van der Waals surface area contributed by atoms with Crippen molar-refractivity contribution in [2.75, 3.05) is 6.61 Å². The topological polar surface area (TPSA) is 59.0 Å². The van der Waals surface area contributed by atoms with E-state index in [0.29, 0.717) is 11.3 Å². The number of carbonyl (C=O) groups is 1. The molecular formula is C19H15F4N3O2S. The highest BCUT2D eigenvalue weighted by molar-refractivity contribution is 7.71. The van der Waals surface area contributed by atoms with Gasteiger partial charge in [0.2, 0.25) is 0 Å². The maximum absolute atomic E-state index is 13.2. The number of aromatic nitrogens is 2. The summed E-state index contributed by atoms with van der Waals surface area (Å²) in [6.45, 7) is -1.34. The van der Waals surface area contributed by atoms with E-state index in [2.05, 4.69) is 10.3 Å². The Hall–Kier alpha value is -3.14. The monoisotopic (exact) mass is 425 g/mol. The molecule has 29 heavy (non-hydrogen) atoms. The first-order valence-corrected chi connectivity index (χ1v) is 8.77. The number of amides is 1. The number of hydrogen-bond donors (Lipinski definition) is 2. The summed E-state index contributed by atoms with van der Waals surface area (Å²) in [7, 11) is 0. The third-order valence-electron chi connectivity index (χ3n) is 3.85. The molecule has 3 aromatic rings. The van der Waals surface area contributed by atoms with E-state index in [1.54, 1.807) is 6.07 Å². The molecule has 152 valence electrons. The average molecular weight is 425 g/mol. The highest BCUT2D eigenvalue weighted by Crippen LogP contribution is 2.19. The summed E-state index contributed by atoms with van der Waals surface area (Å²) >= 11 is 5.19. The summed E-state index contributed by atoms with van der Waals surface area (Å²) in [5, 5.41) is 2.67. The van der Waals surface area contributed by atoms with E-state index in [4.69, 9.17) is 17.0 Å². The molecule has 0 bridgehead atoms. The quantitative estimate of drug-likeness (QED) is 0.450. The second kappa shape index (κ2) is 8.48. The van der Waals surface area contributed by atoms with Crippen molar-refractivity contribution in [2.45, 2.75) is 12.7 Å². The van der Waals surface area contributed by atoms with Crippen molar-refractivity contribution in [1.29, 1.82) is 0 Å². The van der Waals surface area contributed by atoms with Gasteiger partial charge in [0.25, 0.3) is 5.91 Å². The maximum atomic E-state index is 13.2. The van der Waals surface area contributed by atoms with Crippen LogP contribution in [-0.4, -0.2) is 28.2 Å². The van der Waals surface area contributed by atoms with Gasteiger partial charge in [0.05, 0.1) is 0 Å². The number of hydrogen-bond acceptors (Lipinski definition) is 3. The number of nitrogens with one attached hydrogen (secondary N) is 2. The molecule has 3 rings (SSSR count). The molecule has 0 atom stereocenters. The highest BCUT2D eigenvalue weighted by atomic mass is 32.1. The third-order valence-corrected chi connectivity index (χ3v) is 4.15. The Morgan fingerprint density at radius 1 is 1.17 bits per heavy atom. The second-order valence-electron chi connectivity index (χ2n) is 6.02. The van der Waals surface area contributed by atoms with Gasteiger partial charge in [0, 0.05) is 18.4 Å². The molecule has 5 nitrogen and oxygen atoms in total. The Bertz CT molecular complexity index is 1060. The van der Waals surface area contributed by atoms with Gasteiger partial charge in [0.15, 0.2) is 11.4 Å². The second-order valence-corrected chi connectivity index (χ2v) is 6.41. The summed E-state index contributed by atoms with van der Waals surface area (Å²) < 4.78 is 56.4. The Morgan fingerprint density at radius 3 is 2.59 bits per heavy atom. The van der Waals surface area contributed by atoms with Crippen LogP contribution >= 0.6 is 12.2 Å². The molecule has 0 spiro atoms. The van der Waals surface area contributed by atoms with Crippen molar-refractivity contribution in [2.24, 2.45) is 0 Å². The molecular weight excluding hydrogens is 410 g/mol. The number of rotatable bonds is 6. The summed E-state index contributed by atoms with van der Waals surface area (Å²) in [5.41, 5.74) is 1.26. The minimum absolute atomic E-state index is 0.0462. The number of imidazole rings is 1. The van der Waals surface area contributed by atoms with Crippen LogP contribution < -0.4 is 10.1 Å². The number of H-pyrrole nitrogens is 1. The third kappa shape index (κ3) is 5.44. The first-order chi connectivity index (χ1) is 13.7. The van der Waals surface area contributed by atoms with E-state index in [1.807, 2.05) is 0 Å². The molecule has 1 aromatic heterocycles. The van der Waals surface area contributed by atoms with Gasteiger partial charge in [-0.1, -0.05) is 12.1 Å². The SMILES string of the molecule is O=C(NCc1cccc(OCC(F)(F)F)c1)c1c[nH]c(=S)n1-c1ccc(F)cc1. The minimum Gasteiger partial charge on any atom is -0.484 e. The van der Waals surface area contributed by atoms with Gasteiger partial charge in [-0.05, 0) is 54.2 Å². The molecule has 2 N–H and O–H groups in total. The van der Waals surface area contributed by atoms with Gasteiger partial charge in [-0.25, -0.2) is 4.39 Å². The predicted molar refractivity (Wildman–Crippen MR) is 100 cm³/mol. The largest absolute Gasteiger partial charge is 0.484 e. The zero-order chi connectivity index (χ0) is 21.0. The molecule has 0 saturated carbocycles. The van der Waals surface area contributed by atoms with Crippen LogP contribution in [0.4, 0.5) is 17.6 Å². The van der Waals surface area contributed by atoms with E-state index in [0.717, 1.165) is 0 Å². The smallest absolute Gasteiger partial charge is 0.422 e. The van der Waals surface area contributed by atoms with E-state index in [-0.39, 0.29) is 22.8 Å². The van der Waals surface area contributed by atoms with Gasteiger partial charge < -0.3 is 15.0 Å². The van der Waals surface area contributed by atoms with Crippen molar-refractivity contribution in [1.82, 2.24) is 14.9 Å². The van der Waals surface area contributed by atoms with Gasteiger partial charge >= 0.3 is 6.18 Å². The Kier molecular flexibility index (Phi) is 6.02. The van der Waals surface area contributed by atoms with E-state index in [9.17, 15) is 22.4 Å². The predicted octanol–water partition coefficient (Wildman–Crippen LogP) is 4.55. The minimum atomic E-state index is -4.44. The van der Waals surface area contributed by atoms with Crippen molar-refractivity contribution < 1.29 is 27.1 Å². The van der Waals surface area contributed by atoms with Crippen LogP contribution in [-0.2, 0) is 6.54 Å². The van der Waals surface area contributed by atoms with Crippen LogP contribution in [0.1, 0.15) is 16.1 Å². The van der Waals surface area contributed by atoms with Gasteiger partial charge in [-0.15, -0.1) is 0 Å². The molecule has 1 heterocycles. The fourth-order valence-corrected chi connectivity index (χ4v) is 2.83. The summed E-state index contributed by atoms with van der Waals surface area (Å²) in [6.07, 6.45) is -3.02. The van der Waals surface area contributed by atoms with Crippen LogP contribution in [0, 0.1) is 10.6 Å². The van der Waals surface area contributed by atoms with Crippen molar-refractivity contribution >= 4 is 18.1 Å². The normalized spacial score (nSPS) is 11.3. The molecule has 0 aliphatic heterocycles. The zero-order valence-corrected chi connectivity index (χ0v) is 15.6. The first-order valence-electron chi connectivity index (χ1n) is 8.36. The molecule has 2 aromatic carbocycles. The average Bonchev–Trinajstić information content (AvgIpc) is 3.06. The van der Waals surface area contributed by atoms with Crippen LogP contribution in [0.5, 0.6) is 5.75 Å². The Balaban J connectivity index is 1.71. The number of carbonyl (C=O) groups excluding carboxylic acids is 1. The summed E-state index contributed by atoms with van der Waals surface area (Å²) in [6, 6.07) is 11.4. The number of ether oxygens (including phenoxy) is 1. The molecule has 0 aliphatic rings. The van der Waals surface area contributed by atoms with Gasteiger partial charge in [-0.2, -0.15) is 13.2 Å². The molecule has 1 amide bonds. The lowest BCUT2D eigenvalue weighted by atomic mass is 10.2. The van der Waals surface area contributed by atoms with E-state index in [1.165, 1.54) is 53.2 Å². The van der Waals surface area contributed by atoms with Crippen LogP contribution in [0.25, 0.3) is 5.69 Å². The Labute approximate surface area is 167 Å². The van der Waals surface area contributed by atoms with E-state index >= 15 is 0 Å². The highest BCUT2D eigenvalue weighted by Gasteiger charge is 2.28. The van der Waals surface area contributed by atoms with Gasteiger partial charge in [-0.3, -0.25) is 9.36 Å². The molecule has 0 unspecified atom stereocenters. The number of alkyl halides is 3. The van der Waals surface area contributed by atoms with Crippen LogP contribution in [0.2, 0.25) is 0 Å². The number of nitrogens with zero attached hydrogens (tertiary/aromatic N) is 1. The molecule has 10 heteroatoms. The zero-order valence-electron chi connectivity index (χ0n) is 14.8. The lowest BCUT2D eigenvalue weighted by molar-refractivity contribution is -0.153. The summed E-state index contributed by atoms with van der Waals surface area (Å²) in [4.78, 5) is 15.3. The molecule has 0 saturated heterocycles. The fraction of sp³-hybridized carbons (Fsp3) is 0.158. The molecule has 0 radical (unpaired) electrons. The standard InChI is InChI=1S/C19H15F4N3O2S/c20-13-4-6-14(7-5-13)26-16(10-25-18(26)29)17(27)24-9-12-2-1-3-15(8-12)28-11-19(21,22)23/h1-8,10H,9,11H2,(H,24,27)(H,25,29). The molecule has 0 fully saturated rings. The van der Waals surface area contributed by atoms with E-state index < -0.39 is 24.5 Å². The lowest BCUT2D eigenvalue weighted by Crippen LogP contribution is -2.25. The maximum Gasteiger partial charge on any atom is 0.422 e. The number of halogens is 4. The van der Waals surface area contributed by atoms with Crippen molar-refractivity contribution in [3.05, 3.63) is 76.6 Å². The van der Waals surface area contributed by atoms with Crippen molar-refractivity contribution in [3.63, 3.8) is 0 Å². The molecule has 0 aliphatic carbocycles. The van der Waals surface area contributed by atoms with Crippen molar-refractivity contribution in [3.8, 4) is 11.4 Å². The Morgan fingerprint density at radius 2 is 1.90 bits per heavy atom. The number of benzene rings is 2. The number of aromatic amines is 1. The fourth-order valence-electron chi connectivity index (χ4n) is 2.57. The lowest BCUT2D eigenvalue weighted by Gasteiger charge is -2.11. The van der Waals surface area contributed by atoms with Gasteiger partial charge in [0.1, 0.15) is 17.3 Å². The first kappa shape index (κ1) is 20.6. The van der Waals surface area contributed by atoms with Crippen LogP contribution in [0.3, 0.4) is 0 Å². The summed E-state index contributed by atoms with van der Waals surface area (Å²) in [5.74, 6) is -0.845. The van der Waals surface area contributed by atoms with Crippen LogP contribution in [0.15, 0.2) is 54.7 Å².